The van der Waals surface area contributed by atoms with Gasteiger partial charge < -0.3 is 19.5 Å². The molecule has 10 heteroatoms. The minimum absolute atomic E-state index is 0.0183. The number of nitrogens with one attached hydrogen (secondary N) is 1. The summed E-state index contributed by atoms with van der Waals surface area (Å²) in [6.07, 6.45) is 5.78. The second-order valence-corrected chi connectivity index (χ2v) is 10.2. The van der Waals surface area contributed by atoms with Crippen molar-refractivity contribution in [2.75, 3.05) is 18.6 Å². The number of ether oxygens (including phenoxy) is 3. The molecule has 2 aromatic carbocycles. The number of anilines is 1. The van der Waals surface area contributed by atoms with Gasteiger partial charge in [-0.1, -0.05) is 31.4 Å². The largest absolute Gasteiger partial charge is 0.485 e. The lowest BCUT2D eigenvalue weighted by molar-refractivity contribution is -0.132. The molecule has 5 rings (SSSR count). The van der Waals surface area contributed by atoms with Crippen molar-refractivity contribution >= 4 is 23.5 Å². The van der Waals surface area contributed by atoms with Gasteiger partial charge in [-0.05, 0) is 56.2 Å². The summed E-state index contributed by atoms with van der Waals surface area (Å²) < 4.78 is 18.4. The number of hydrogen-bond acceptors (Lipinski definition) is 7. The molecule has 2 amide bonds. The number of fused-ring (bicyclic) bond motifs is 1. The number of aromatic nitrogens is 2. The van der Waals surface area contributed by atoms with Crippen molar-refractivity contribution < 1.29 is 28.6 Å². The zero-order chi connectivity index (χ0) is 28.2. The highest BCUT2D eigenvalue weighted by atomic mass is 16.6. The van der Waals surface area contributed by atoms with Crippen molar-refractivity contribution in [1.29, 1.82) is 0 Å². The number of rotatable bonds is 7. The molecule has 10 nitrogen and oxygen atoms in total. The van der Waals surface area contributed by atoms with Crippen molar-refractivity contribution in [3.63, 3.8) is 0 Å². The van der Waals surface area contributed by atoms with E-state index < -0.39 is 24.0 Å². The summed E-state index contributed by atoms with van der Waals surface area (Å²) in [5, 5.41) is 7.67. The first kappa shape index (κ1) is 27.2. The van der Waals surface area contributed by atoms with Gasteiger partial charge in [0.25, 0.3) is 5.91 Å². The van der Waals surface area contributed by atoms with Crippen molar-refractivity contribution in [1.82, 2.24) is 15.1 Å². The Bertz CT molecular complexity index is 1380. The molecule has 2 atom stereocenters. The van der Waals surface area contributed by atoms with E-state index >= 15 is 0 Å². The topological polar surface area (TPSA) is 112 Å². The third kappa shape index (κ3) is 5.66. The SMILES string of the molecule is COC(=O)c1ccc(N(C(=O)C2COc3ccccc3O2)C(C(=O)NC2CCCCC2)c2cn(C)nc2C)cc1. The molecule has 3 aromatic rings. The van der Waals surface area contributed by atoms with E-state index in [4.69, 9.17) is 14.2 Å². The number of para-hydroxylation sites is 2. The zero-order valence-corrected chi connectivity index (χ0v) is 23.0. The molecule has 1 aliphatic carbocycles. The Morgan fingerprint density at radius 1 is 1.05 bits per heavy atom. The second-order valence-electron chi connectivity index (χ2n) is 10.2. The predicted molar refractivity (Wildman–Crippen MR) is 147 cm³/mol. The number of carbonyl (C=O) groups is 3. The van der Waals surface area contributed by atoms with Crippen LogP contribution in [0.4, 0.5) is 5.69 Å². The van der Waals surface area contributed by atoms with Gasteiger partial charge in [0.15, 0.2) is 11.5 Å². The molecule has 1 aliphatic heterocycles. The highest BCUT2D eigenvalue weighted by molar-refractivity contribution is 6.04. The van der Waals surface area contributed by atoms with Crippen LogP contribution in [0.1, 0.15) is 59.8 Å². The number of aryl methyl sites for hydroxylation is 2. The molecule has 2 aliphatic rings. The minimum Gasteiger partial charge on any atom is -0.485 e. The number of nitrogens with zero attached hydrogens (tertiary/aromatic N) is 3. The first-order valence-electron chi connectivity index (χ1n) is 13.6. The van der Waals surface area contributed by atoms with E-state index in [1.165, 1.54) is 12.0 Å². The molecule has 0 spiro atoms. The Kier molecular flexibility index (Phi) is 8.04. The molecule has 2 heterocycles. The van der Waals surface area contributed by atoms with Gasteiger partial charge in [-0.2, -0.15) is 5.10 Å². The maximum Gasteiger partial charge on any atom is 0.337 e. The normalized spacial score (nSPS) is 17.5. The fourth-order valence-electron chi connectivity index (χ4n) is 5.39. The van der Waals surface area contributed by atoms with E-state index in [1.54, 1.807) is 60.4 Å². The smallest absolute Gasteiger partial charge is 0.337 e. The Hall–Kier alpha value is -4.34. The third-order valence-corrected chi connectivity index (χ3v) is 7.39. The number of benzene rings is 2. The summed E-state index contributed by atoms with van der Waals surface area (Å²) in [4.78, 5) is 42.0. The summed E-state index contributed by atoms with van der Waals surface area (Å²) >= 11 is 0. The van der Waals surface area contributed by atoms with Crippen LogP contribution in [0.5, 0.6) is 11.5 Å². The van der Waals surface area contributed by atoms with Crippen LogP contribution in [-0.2, 0) is 21.4 Å². The van der Waals surface area contributed by atoms with Gasteiger partial charge in [-0.15, -0.1) is 0 Å². The molecular formula is C30H34N4O6. The van der Waals surface area contributed by atoms with Crippen LogP contribution < -0.4 is 19.7 Å². The van der Waals surface area contributed by atoms with Crippen LogP contribution in [-0.4, -0.2) is 53.4 Å². The second kappa shape index (κ2) is 11.8. The number of hydrogen-bond donors (Lipinski definition) is 1. The fraction of sp³-hybridized carbons (Fsp3) is 0.400. The molecule has 0 radical (unpaired) electrons. The fourth-order valence-corrected chi connectivity index (χ4v) is 5.39. The van der Waals surface area contributed by atoms with Crippen LogP contribution in [0.3, 0.4) is 0 Å². The third-order valence-electron chi connectivity index (χ3n) is 7.39. The van der Waals surface area contributed by atoms with E-state index in [0.717, 1.165) is 32.1 Å². The Balaban J connectivity index is 1.57. The molecule has 2 unspecified atom stereocenters. The summed E-state index contributed by atoms with van der Waals surface area (Å²) in [5.74, 6) is -0.248. The van der Waals surface area contributed by atoms with Gasteiger partial charge >= 0.3 is 5.97 Å². The maximum absolute atomic E-state index is 14.3. The Labute approximate surface area is 233 Å². The summed E-state index contributed by atoms with van der Waals surface area (Å²) in [5.41, 5.74) is 1.97. The molecule has 1 N–H and O–H groups in total. The highest BCUT2D eigenvalue weighted by Crippen LogP contribution is 2.35. The lowest BCUT2D eigenvalue weighted by atomic mass is 9.94. The maximum atomic E-state index is 14.3. The van der Waals surface area contributed by atoms with E-state index in [-0.39, 0.29) is 18.6 Å². The van der Waals surface area contributed by atoms with Crippen molar-refractivity contribution in [2.24, 2.45) is 7.05 Å². The molecule has 0 bridgehead atoms. The van der Waals surface area contributed by atoms with Crippen molar-refractivity contribution in [3.8, 4) is 11.5 Å². The van der Waals surface area contributed by atoms with E-state index in [2.05, 4.69) is 10.4 Å². The van der Waals surface area contributed by atoms with E-state index in [0.29, 0.717) is 34.0 Å². The van der Waals surface area contributed by atoms with Crippen LogP contribution in [0.15, 0.2) is 54.7 Å². The highest BCUT2D eigenvalue weighted by Gasteiger charge is 2.41. The van der Waals surface area contributed by atoms with Crippen LogP contribution in [0.2, 0.25) is 0 Å². The average Bonchev–Trinajstić information content (AvgIpc) is 3.32. The lowest BCUT2D eigenvalue weighted by Crippen LogP contribution is -2.52. The monoisotopic (exact) mass is 546 g/mol. The number of amides is 2. The van der Waals surface area contributed by atoms with E-state index in [9.17, 15) is 14.4 Å². The first-order chi connectivity index (χ1) is 19.4. The number of carbonyl (C=O) groups excluding carboxylic acids is 3. The lowest BCUT2D eigenvalue weighted by Gasteiger charge is -2.36. The van der Waals surface area contributed by atoms with Gasteiger partial charge in [-0.25, -0.2) is 4.79 Å². The molecule has 210 valence electrons. The minimum atomic E-state index is -1.03. The van der Waals surface area contributed by atoms with Gasteiger partial charge in [0, 0.05) is 30.5 Å². The van der Waals surface area contributed by atoms with Gasteiger partial charge in [0.2, 0.25) is 12.0 Å². The molecular weight excluding hydrogens is 512 g/mol. The van der Waals surface area contributed by atoms with Crippen molar-refractivity contribution in [2.45, 2.75) is 57.2 Å². The van der Waals surface area contributed by atoms with E-state index in [1.807, 2.05) is 13.0 Å². The zero-order valence-electron chi connectivity index (χ0n) is 23.0. The molecule has 1 fully saturated rings. The summed E-state index contributed by atoms with van der Waals surface area (Å²) in [6.45, 7) is 1.80. The van der Waals surface area contributed by atoms with Gasteiger partial charge in [0.1, 0.15) is 12.6 Å². The summed E-state index contributed by atoms with van der Waals surface area (Å²) in [7, 11) is 3.08. The summed E-state index contributed by atoms with van der Waals surface area (Å²) in [6, 6.07) is 12.6. The van der Waals surface area contributed by atoms with Gasteiger partial charge in [-0.3, -0.25) is 19.2 Å². The van der Waals surface area contributed by atoms with Crippen LogP contribution >= 0.6 is 0 Å². The Morgan fingerprint density at radius 3 is 2.40 bits per heavy atom. The number of esters is 1. The van der Waals surface area contributed by atoms with Crippen molar-refractivity contribution in [3.05, 3.63) is 71.5 Å². The quantitative estimate of drug-likeness (QED) is 0.448. The standard InChI is InChI=1S/C30H34N4O6/c1-19-23(17-33(2)32-19)27(28(35)31-21-9-5-4-6-10-21)34(22-15-13-20(14-16-22)30(37)38-3)29(36)26-18-39-24-11-7-8-12-25(24)40-26/h7-8,11-17,21,26-27H,4-6,9-10,18H2,1-3H3,(H,31,35). The average molecular weight is 547 g/mol. The van der Waals surface area contributed by atoms with Crippen LogP contribution in [0.25, 0.3) is 0 Å². The molecule has 0 saturated heterocycles. The predicted octanol–water partition coefficient (Wildman–Crippen LogP) is 3.88. The first-order valence-corrected chi connectivity index (χ1v) is 13.6. The molecule has 40 heavy (non-hydrogen) atoms. The van der Waals surface area contributed by atoms with Gasteiger partial charge in [0.05, 0.1) is 18.4 Å². The molecule has 1 saturated carbocycles. The molecule has 1 aromatic heterocycles. The Morgan fingerprint density at radius 2 is 1.75 bits per heavy atom. The van der Waals surface area contributed by atoms with Crippen LogP contribution in [0, 0.1) is 6.92 Å². The number of methoxy groups -OCH3 is 1.